The standard InChI is InChI=1S/C18H23F2N5/c1-24-18-5-3-14(11-16(18)22-23-24)21-13-6-8-25(9-7-13)17-4-2-12(19)10-15(17)20/h2,4,10,13-14,21H,3,5-9,11H2,1H3. The fraction of sp³-hybridized carbons (Fsp3) is 0.556. The van der Waals surface area contributed by atoms with Crippen LogP contribution in [0.2, 0.25) is 0 Å². The molecule has 134 valence electrons. The van der Waals surface area contributed by atoms with Crippen LogP contribution in [-0.2, 0) is 19.9 Å². The Morgan fingerprint density at radius 1 is 1.12 bits per heavy atom. The molecular formula is C18H23F2N5. The number of halogens is 2. The molecule has 1 aliphatic heterocycles. The van der Waals surface area contributed by atoms with Gasteiger partial charge in [0, 0.05) is 44.7 Å². The number of nitrogens with one attached hydrogen (secondary N) is 1. The summed E-state index contributed by atoms with van der Waals surface area (Å²) in [5, 5.41) is 12.1. The maximum absolute atomic E-state index is 13.9. The fourth-order valence-corrected chi connectivity index (χ4v) is 4.03. The van der Waals surface area contributed by atoms with Crippen LogP contribution >= 0.6 is 0 Å². The first-order valence-corrected chi connectivity index (χ1v) is 8.93. The van der Waals surface area contributed by atoms with Crippen LogP contribution in [0.3, 0.4) is 0 Å². The first kappa shape index (κ1) is 16.4. The lowest BCUT2D eigenvalue weighted by Gasteiger charge is -2.36. The maximum Gasteiger partial charge on any atom is 0.149 e. The van der Waals surface area contributed by atoms with E-state index >= 15 is 0 Å². The number of anilines is 1. The molecule has 5 nitrogen and oxygen atoms in total. The van der Waals surface area contributed by atoms with Gasteiger partial charge in [-0.15, -0.1) is 5.10 Å². The Hall–Kier alpha value is -2.02. The summed E-state index contributed by atoms with van der Waals surface area (Å²) in [6.07, 6.45) is 4.95. The highest BCUT2D eigenvalue weighted by Crippen LogP contribution is 2.25. The van der Waals surface area contributed by atoms with E-state index in [0.29, 0.717) is 17.8 Å². The Balaban J connectivity index is 1.32. The Kier molecular flexibility index (Phi) is 4.41. The molecule has 7 heteroatoms. The summed E-state index contributed by atoms with van der Waals surface area (Å²) >= 11 is 0. The van der Waals surface area contributed by atoms with Gasteiger partial charge in [0.1, 0.15) is 11.6 Å². The lowest BCUT2D eigenvalue weighted by molar-refractivity contribution is 0.341. The molecule has 0 radical (unpaired) electrons. The van der Waals surface area contributed by atoms with Crippen molar-refractivity contribution < 1.29 is 8.78 Å². The van der Waals surface area contributed by atoms with Crippen LogP contribution in [-0.4, -0.2) is 40.2 Å². The third kappa shape index (κ3) is 3.38. The molecule has 2 heterocycles. The molecule has 1 aliphatic carbocycles. The molecule has 0 bridgehead atoms. The van der Waals surface area contributed by atoms with Crippen molar-refractivity contribution in [2.75, 3.05) is 18.0 Å². The molecule has 1 fully saturated rings. The normalized spacial score (nSPS) is 21.4. The third-order valence-electron chi connectivity index (χ3n) is 5.41. The first-order chi connectivity index (χ1) is 12.1. The lowest BCUT2D eigenvalue weighted by Crippen LogP contribution is -2.48. The van der Waals surface area contributed by atoms with Crippen molar-refractivity contribution in [1.29, 1.82) is 0 Å². The molecule has 0 amide bonds. The first-order valence-electron chi connectivity index (χ1n) is 8.93. The molecule has 0 saturated carbocycles. The number of fused-ring (bicyclic) bond motifs is 1. The number of aromatic nitrogens is 3. The van der Waals surface area contributed by atoms with Gasteiger partial charge in [-0.3, -0.25) is 4.68 Å². The molecule has 1 N–H and O–H groups in total. The van der Waals surface area contributed by atoms with Crippen LogP contribution in [0.4, 0.5) is 14.5 Å². The average Bonchev–Trinajstić information content (AvgIpc) is 2.97. The predicted molar refractivity (Wildman–Crippen MR) is 91.5 cm³/mol. The minimum atomic E-state index is -0.529. The Labute approximate surface area is 146 Å². The van der Waals surface area contributed by atoms with Crippen LogP contribution in [0.1, 0.15) is 30.7 Å². The molecule has 25 heavy (non-hydrogen) atoms. The molecule has 1 aromatic carbocycles. The summed E-state index contributed by atoms with van der Waals surface area (Å²) in [5.74, 6) is -1.01. The number of aryl methyl sites for hydroxylation is 1. The Bertz CT molecular complexity index is 752. The van der Waals surface area contributed by atoms with Gasteiger partial charge in [-0.05, 0) is 37.8 Å². The van der Waals surface area contributed by atoms with E-state index in [-0.39, 0.29) is 0 Å². The molecule has 1 saturated heterocycles. The van der Waals surface area contributed by atoms with Gasteiger partial charge in [-0.25, -0.2) is 8.78 Å². The smallest absolute Gasteiger partial charge is 0.149 e. The third-order valence-corrected chi connectivity index (χ3v) is 5.41. The highest BCUT2D eigenvalue weighted by atomic mass is 19.1. The van der Waals surface area contributed by atoms with E-state index in [4.69, 9.17) is 0 Å². The van der Waals surface area contributed by atoms with Crippen molar-refractivity contribution in [2.45, 2.75) is 44.2 Å². The highest BCUT2D eigenvalue weighted by molar-refractivity contribution is 5.48. The largest absolute Gasteiger partial charge is 0.369 e. The number of piperidine rings is 1. The molecular weight excluding hydrogens is 324 g/mol. The molecule has 4 rings (SSSR count). The molecule has 1 atom stereocenters. The van der Waals surface area contributed by atoms with E-state index in [2.05, 4.69) is 15.6 Å². The van der Waals surface area contributed by atoms with Gasteiger partial charge >= 0.3 is 0 Å². The molecule has 1 unspecified atom stereocenters. The fourth-order valence-electron chi connectivity index (χ4n) is 4.03. The monoisotopic (exact) mass is 347 g/mol. The van der Waals surface area contributed by atoms with E-state index in [9.17, 15) is 8.78 Å². The summed E-state index contributed by atoms with van der Waals surface area (Å²) in [6, 6.07) is 4.68. The van der Waals surface area contributed by atoms with Gasteiger partial charge in [0.05, 0.1) is 17.1 Å². The van der Waals surface area contributed by atoms with E-state index in [1.54, 1.807) is 0 Å². The van der Waals surface area contributed by atoms with Crippen molar-refractivity contribution in [3.05, 3.63) is 41.2 Å². The Morgan fingerprint density at radius 2 is 1.92 bits per heavy atom. The van der Waals surface area contributed by atoms with Gasteiger partial charge in [0.25, 0.3) is 0 Å². The van der Waals surface area contributed by atoms with E-state index in [1.807, 2.05) is 16.6 Å². The number of hydrogen-bond donors (Lipinski definition) is 1. The zero-order valence-corrected chi connectivity index (χ0v) is 14.4. The second-order valence-electron chi connectivity index (χ2n) is 7.07. The lowest BCUT2D eigenvalue weighted by atomic mass is 9.93. The minimum Gasteiger partial charge on any atom is -0.369 e. The minimum absolute atomic E-state index is 0.433. The van der Waals surface area contributed by atoms with Gasteiger partial charge in [-0.1, -0.05) is 5.21 Å². The quantitative estimate of drug-likeness (QED) is 0.925. The summed E-state index contributed by atoms with van der Waals surface area (Å²) in [7, 11) is 1.95. The molecule has 2 aliphatic rings. The van der Waals surface area contributed by atoms with Gasteiger partial charge in [0.15, 0.2) is 0 Å². The van der Waals surface area contributed by atoms with Crippen LogP contribution in [0, 0.1) is 11.6 Å². The van der Waals surface area contributed by atoms with E-state index in [0.717, 1.165) is 57.0 Å². The highest BCUT2D eigenvalue weighted by Gasteiger charge is 2.27. The van der Waals surface area contributed by atoms with Crippen LogP contribution < -0.4 is 10.2 Å². The van der Waals surface area contributed by atoms with Crippen molar-refractivity contribution in [2.24, 2.45) is 7.05 Å². The van der Waals surface area contributed by atoms with Crippen molar-refractivity contribution in [1.82, 2.24) is 20.3 Å². The Morgan fingerprint density at radius 3 is 2.68 bits per heavy atom. The zero-order valence-electron chi connectivity index (χ0n) is 14.4. The molecule has 2 aromatic rings. The van der Waals surface area contributed by atoms with E-state index in [1.165, 1.54) is 17.8 Å². The summed E-state index contributed by atoms with van der Waals surface area (Å²) < 4.78 is 28.9. The predicted octanol–water partition coefficient (Wildman–Crippen LogP) is 2.21. The maximum atomic E-state index is 13.9. The van der Waals surface area contributed by atoms with Gasteiger partial charge in [0.2, 0.25) is 0 Å². The topological polar surface area (TPSA) is 46.0 Å². The van der Waals surface area contributed by atoms with Crippen molar-refractivity contribution in [3.63, 3.8) is 0 Å². The second-order valence-corrected chi connectivity index (χ2v) is 7.07. The second kappa shape index (κ2) is 6.71. The van der Waals surface area contributed by atoms with Gasteiger partial charge in [-0.2, -0.15) is 0 Å². The molecule has 0 spiro atoms. The number of nitrogens with zero attached hydrogens (tertiary/aromatic N) is 4. The summed E-state index contributed by atoms with van der Waals surface area (Å²) in [6.45, 7) is 1.56. The van der Waals surface area contributed by atoms with Crippen molar-refractivity contribution in [3.8, 4) is 0 Å². The van der Waals surface area contributed by atoms with Crippen molar-refractivity contribution >= 4 is 5.69 Å². The van der Waals surface area contributed by atoms with Crippen LogP contribution in [0.15, 0.2) is 18.2 Å². The summed E-state index contributed by atoms with van der Waals surface area (Å²) in [4.78, 5) is 2.01. The average molecular weight is 347 g/mol. The number of benzene rings is 1. The van der Waals surface area contributed by atoms with Gasteiger partial charge < -0.3 is 10.2 Å². The number of rotatable bonds is 3. The SMILES string of the molecule is Cn1nnc2c1CCC(NC1CCN(c3ccc(F)cc3F)CC1)C2. The van der Waals surface area contributed by atoms with Crippen LogP contribution in [0.5, 0.6) is 0 Å². The molecule has 1 aromatic heterocycles. The summed E-state index contributed by atoms with van der Waals surface area (Å²) in [5.41, 5.74) is 2.86. The van der Waals surface area contributed by atoms with Crippen LogP contribution in [0.25, 0.3) is 0 Å². The zero-order chi connectivity index (χ0) is 17.4. The van der Waals surface area contributed by atoms with E-state index < -0.39 is 11.6 Å². The number of hydrogen-bond acceptors (Lipinski definition) is 4.